The van der Waals surface area contributed by atoms with Crippen molar-refractivity contribution in [3.05, 3.63) is 0 Å². The molecule has 0 aliphatic rings. The second-order valence-electron chi connectivity index (χ2n) is 2.13. The van der Waals surface area contributed by atoms with E-state index in [4.69, 9.17) is 20.4 Å². The number of hydrogen-bond donors (Lipinski definition) is 4. The van der Waals surface area contributed by atoms with E-state index in [-0.39, 0.29) is 9.80 Å². The summed E-state index contributed by atoms with van der Waals surface area (Å²) in [4.78, 5) is 40.2. The first-order valence-corrected chi connectivity index (χ1v) is 3.24. The van der Waals surface area contributed by atoms with Crippen LogP contribution in [0.25, 0.3) is 0 Å². The van der Waals surface area contributed by atoms with Crippen LogP contribution in [-0.2, 0) is 0 Å². The molecule has 10 nitrogen and oxygen atoms in total. The first-order chi connectivity index (χ1) is 6.77. The summed E-state index contributed by atoms with van der Waals surface area (Å²) < 4.78 is 0. The van der Waals surface area contributed by atoms with Gasteiger partial charge >= 0.3 is 24.4 Å². The number of hydrogen-bond acceptors (Lipinski definition) is 4. The third kappa shape index (κ3) is 3.38. The lowest BCUT2D eigenvalue weighted by Gasteiger charge is -2.19. The Bertz CT molecular complexity index is 254. The molecule has 84 valence electrons. The van der Waals surface area contributed by atoms with Crippen molar-refractivity contribution in [2.45, 2.75) is 0 Å². The monoisotopic (exact) mass is 222 g/mol. The molecule has 0 saturated carbocycles. The quantitative estimate of drug-likeness (QED) is 0.484. The summed E-state index contributed by atoms with van der Waals surface area (Å²) in [6.07, 6.45) is -7.91. The van der Waals surface area contributed by atoms with Gasteiger partial charge in [0, 0.05) is 0 Å². The van der Waals surface area contributed by atoms with Crippen molar-refractivity contribution in [1.29, 1.82) is 0 Å². The number of carboxylic acid groups (broad SMARTS) is 4. The summed E-state index contributed by atoms with van der Waals surface area (Å²) in [5.74, 6) is 0. The van der Waals surface area contributed by atoms with Crippen LogP contribution in [0.4, 0.5) is 19.2 Å². The second kappa shape index (κ2) is 4.64. The Kier molecular flexibility index (Phi) is 3.86. The predicted octanol–water partition coefficient (Wildman–Crippen LogP) is 0.260. The van der Waals surface area contributed by atoms with Crippen LogP contribution < -0.4 is 0 Å². The minimum atomic E-state index is -1.98. The zero-order chi connectivity index (χ0) is 12.2. The molecule has 0 rings (SSSR count). The normalized spacial score (nSPS) is 9.07. The summed E-state index contributed by atoms with van der Waals surface area (Å²) in [6.45, 7) is -1.32. The van der Waals surface area contributed by atoms with E-state index in [1.54, 1.807) is 0 Å². The summed E-state index contributed by atoms with van der Waals surface area (Å²) in [5.41, 5.74) is 0. The highest BCUT2D eigenvalue weighted by Crippen LogP contribution is 1.98. The fraction of sp³-hybridized carbons (Fsp3) is 0.200. The Morgan fingerprint density at radius 1 is 0.667 bits per heavy atom. The van der Waals surface area contributed by atoms with Gasteiger partial charge in [-0.25, -0.2) is 19.2 Å². The average Bonchev–Trinajstić information content (AvgIpc) is 2.01. The van der Waals surface area contributed by atoms with Crippen molar-refractivity contribution in [3.8, 4) is 0 Å². The zero-order valence-electron chi connectivity index (χ0n) is 7.02. The topological polar surface area (TPSA) is 156 Å². The van der Waals surface area contributed by atoms with Gasteiger partial charge in [-0.1, -0.05) is 0 Å². The van der Waals surface area contributed by atoms with Gasteiger partial charge < -0.3 is 20.4 Å². The van der Waals surface area contributed by atoms with E-state index in [1.165, 1.54) is 0 Å². The molecule has 4 N–H and O–H groups in total. The molecule has 0 aromatic rings. The first-order valence-electron chi connectivity index (χ1n) is 3.24. The molecule has 4 amide bonds. The van der Waals surface area contributed by atoms with Gasteiger partial charge in [0.05, 0.1) is 0 Å². The molecule has 0 aromatic carbocycles. The molecule has 0 aliphatic heterocycles. The van der Waals surface area contributed by atoms with E-state index in [1.807, 2.05) is 0 Å². The van der Waals surface area contributed by atoms with E-state index in [2.05, 4.69) is 0 Å². The minimum absolute atomic E-state index is 0.387. The smallest absolute Gasteiger partial charge is 0.418 e. The van der Waals surface area contributed by atoms with Crippen LogP contribution in [0.5, 0.6) is 0 Å². The molecule has 0 atom stereocenters. The summed E-state index contributed by atoms with van der Waals surface area (Å²) in [5, 5.41) is 33.2. The molecular formula is C5H6N2O8. The lowest BCUT2D eigenvalue weighted by Crippen LogP contribution is -2.47. The van der Waals surface area contributed by atoms with E-state index < -0.39 is 31.0 Å². The van der Waals surface area contributed by atoms with Gasteiger partial charge in [0.1, 0.15) is 6.67 Å². The highest BCUT2D eigenvalue weighted by atomic mass is 16.4. The van der Waals surface area contributed by atoms with E-state index in [0.29, 0.717) is 0 Å². The van der Waals surface area contributed by atoms with Gasteiger partial charge in [0.25, 0.3) is 0 Å². The molecule has 0 unspecified atom stereocenters. The molecule has 0 radical (unpaired) electrons. The summed E-state index contributed by atoms with van der Waals surface area (Å²) in [6, 6.07) is 0. The molecule has 0 aromatic heterocycles. The third-order valence-electron chi connectivity index (χ3n) is 1.21. The highest BCUT2D eigenvalue weighted by molar-refractivity contribution is 5.89. The highest BCUT2D eigenvalue weighted by Gasteiger charge is 2.29. The Balaban J connectivity index is 4.77. The lowest BCUT2D eigenvalue weighted by atomic mass is 10.7. The summed E-state index contributed by atoms with van der Waals surface area (Å²) >= 11 is 0. The van der Waals surface area contributed by atoms with Crippen molar-refractivity contribution in [2.75, 3.05) is 6.67 Å². The van der Waals surface area contributed by atoms with Gasteiger partial charge in [0.15, 0.2) is 0 Å². The molecule has 0 aliphatic carbocycles. The Hall–Kier alpha value is -2.52. The van der Waals surface area contributed by atoms with Crippen molar-refractivity contribution < 1.29 is 39.6 Å². The van der Waals surface area contributed by atoms with Crippen LogP contribution in [0.3, 0.4) is 0 Å². The Labute approximate surface area is 81.5 Å². The number of nitrogens with zero attached hydrogens (tertiary/aromatic N) is 2. The number of imide groups is 2. The van der Waals surface area contributed by atoms with Crippen LogP contribution in [0.15, 0.2) is 0 Å². The maximum atomic E-state index is 10.3. The number of carbonyl (C=O) groups is 4. The molecule has 0 spiro atoms. The van der Waals surface area contributed by atoms with Gasteiger partial charge in [-0.15, -0.1) is 0 Å². The molecule has 0 saturated heterocycles. The van der Waals surface area contributed by atoms with Crippen molar-refractivity contribution >= 4 is 24.4 Å². The molecule has 15 heavy (non-hydrogen) atoms. The maximum Gasteiger partial charge on any atom is 0.418 e. The largest absolute Gasteiger partial charge is 0.464 e. The van der Waals surface area contributed by atoms with Crippen molar-refractivity contribution in [3.63, 3.8) is 0 Å². The fourth-order valence-electron chi connectivity index (χ4n) is 0.547. The zero-order valence-corrected chi connectivity index (χ0v) is 7.02. The molecule has 0 bridgehead atoms. The second-order valence-corrected chi connectivity index (χ2v) is 2.13. The molecule has 0 fully saturated rings. The van der Waals surface area contributed by atoms with Crippen molar-refractivity contribution in [1.82, 2.24) is 9.80 Å². The SMILES string of the molecule is O=C(O)N(CN(C(=O)O)C(=O)O)C(=O)O. The first kappa shape index (κ1) is 12.5. The van der Waals surface area contributed by atoms with E-state index in [0.717, 1.165) is 0 Å². The maximum absolute atomic E-state index is 10.3. The van der Waals surface area contributed by atoms with Crippen LogP contribution in [0.2, 0.25) is 0 Å². The molecule has 0 heterocycles. The molecule has 10 heteroatoms. The number of amides is 4. The van der Waals surface area contributed by atoms with Crippen LogP contribution >= 0.6 is 0 Å². The van der Waals surface area contributed by atoms with Crippen LogP contribution in [-0.4, -0.2) is 61.3 Å². The van der Waals surface area contributed by atoms with Gasteiger partial charge in [-0.3, -0.25) is 0 Å². The Morgan fingerprint density at radius 3 is 1.00 bits per heavy atom. The average molecular weight is 222 g/mol. The molecular weight excluding hydrogens is 216 g/mol. The van der Waals surface area contributed by atoms with Crippen LogP contribution in [0, 0.1) is 0 Å². The summed E-state index contributed by atoms with van der Waals surface area (Å²) in [7, 11) is 0. The predicted molar refractivity (Wildman–Crippen MR) is 40.6 cm³/mol. The Morgan fingerprint density at radius 2 is 0.867 bits per heavy atom. The fourth-order valence-corrected chi connectivity index (χ4v) is 0.547. The van der Waals surface area contributed by atoms with Crippen LogP contribution in [0.1, 0.15) is 0 Å². The third-order valence-corrected chi connectivity index (χ3v) is 1.21. The van der Waals surface area contributed by atoms with Crippen molar-refractivity contribution in [2.24, 2.45) is 0 Å². The van der Waals surface area contributed by atoms with E-state index >= 15 is 0 Å². The van der Waals surface area contributed by atoms with E-state index in [9.17, 15) is 19.2 Å². The minimum Gasteiger partial charge on any atom is -0.464 e. The van der Waals surface area contributed by atoms with Gasteiger partial charge in [-0.2, -0.15) is 9.80 Å². The number of rotatable bonds is 2. The van der Waals surface area contributed by atoms with Gasteiger partial charge in [0.2, 0.25) is 0 Å². The van der Waals surface area contributed by atoms with Gasteiger partial charge in [-0.05, 0) is 0 Å². The lowest BCUT2D eigenvalue weighted by molar-refractivity contribution is 0.0830. The standard InChI is InChI=1S/C5H6N2O8/c8-2(9)6(3(10)11)1-7(4(12)13)5(14)15/h1H2,(H,8,9)(H,10,11)(H,12,13)(H,14,15).